The van der Waals surface area contributed by atoms with E-state index in [2.05, 4.69) is 73.6 Å². The summed E-state index contributed by atoms with van der Waals surface area (Å²) in [5, 5.41) is 1.61. The van der Waals surface area contributed by atoms with E-state index in [1.54, 1.807) is 32.0 Å². The van der Waals surface area contributed by atoms with Crippen LogP contribution in [-0.2, 0) is 20.1 Å². The fourth-order valence-electron chi connectivity index (χ4n) is 6.65. The minimum atomic E-state index is -2.26. The van der Waals surface area contributed by atoms with Gasteiger partial charge in [0.1, 0.15) is 0 Å². The second-order valence-electron chi connectivity index (χ2n) is 13.6. The van der Waals surface area contributed by atoms with Crippen LogP contribution in [0.4, 0.5) is 4.39 Å². The van der Waals surface area contributed by atoms with E-state index in [4.69, 9.17) is 14.9 Å². The molecule has 0 N–H and O–H groups in total. The average molecular weight is 868 g/mol. The quantitative estimate of drug-likeness (QED) is 0.156. The SMILES string of the molecule is CC(C)c1cccc(C(C)C)c1-n1c(-c2[c-]ccc3c2oc2c(F)cccc23)nc2ccccc21.[2H]C([2H])([2H])c1cnc(-c2[c-]cccc2)cc1C([2H])(C)C.[Ir]. The number of aromatic nitrogens is 3. The molecule has 5 aromatic carbocycles. The summed E-state index contributed by atoms with van der Waals surface area (Å²) in [6.07, 6.45) is 1.36. The number of pyridine rings is 1. The van der Waals surface area contributed by atoms with Gasteiger partial charge in [-0.25, -0.2) is 4.39 Å². The molecule has 0 saturated heterocycles. The zero-order chi connectivity index (χ0) is 39.2. The summed E-state index contributed by atoms with van der Waals surface area (Å²) in [6, 6.07) is 39.0. The second kappa shape index (κ2) is 15.4. The van der Waals surface area contributed by atoms with Crippen LogP contribution in [0.3, 0.4) is 0 Å². The van der Waals surface area contributed by atoms with Gasteiger partial charge in [0.25, 0.3) is 0 Å². The van der Waals surface area contributed by atoms with Crippen molar-refractivity contribution < 1.29 is 34.4 Å². The van der Waals surface area contributed by atoms with Crippen LogP contribution in [0, 0.1) is 24.8 Å². The minimum absolute atomic E-state index is 0. The molecule has 0 spiro atoms. The summed E-state index contributed by atoms with van der Waals surface area (Å²) >= 11 is 0. The van der Waals surface area contributed by atoms with Gasteiger partial charge in [0.05, 0.1) is 22.4 Å². The first-order chi connectivity index (χ1) is 26.1. The molecular formula is C46H42FIrN3O-2. The summed E-state index contributed by atoms with van der Waals surface area (Å²) in [4.78, 5) is 9.30. The van der Waals surface area contributed by atoms with Gasteiger partial charge in [0, 0.05) is 42.9 Å². The van der Waals surface area contributed by atoms with Crippen LogP contribution in [0.1, 0.15) is 87.0 Å². The van der Waals surface area contributed by atoms with Gasteiger partial charge in [-0.15, -0.1) is 54.1 Å². The summed E-state index contributed by atoms with van der Waals surface area (Å²) < 4.78 is 53.9. The maximum absolute atomic E-state index is 14.6. The van der Waals surface area contributed by atoms with E-state index in [1.807, 2.05) is 54.6 Å². The molecule has 1 radical (unpaired) electrons. The molecule has 0 saturated carbocycles. The van der Waals surface area contributed by atoms with Crippen LogP contribution in [0.25, 0.3) is 61.3 Å². The molecular weight excluding hydrogens is 822 g/mol. The van der Waals surface area contributed by atoms with Crippen molar-refractivity contribution in [3.05, 3.63) is 150 Å². The third-order valence-corrected chi connectivity index (χ3v) is 9.19. The van der Waals surface area contributed by atoms with Crippen molar-refractivity contribution in [2.75, 3.05) is 0 Å². The van der Waals surface area contributed by atoms with Gasteiger partial charge in [0.2, 0.25) is 0 Å². The number of furan rings is 1. The van der Waals surface area contributed by atoms with Gasteiger partial charge >= 0.3 is 0 Å². The third kappa shape index (κ3) is 6.86. The van der Waals surface area contributed by atoms with E-state index < -0.39 is 12.7 Å². The van der Waals surface area contributed by atoms with Crippen molar-refractivity contribution in [3.63, 3.8) is 0 Å². The Balaban J connectivity index is 0.000000217. The predicted molar refractivity (Wildman–Crippen MR) is 208 cm³/mol. The fourth-order valence-corrected chi connectivity index (χ4v) is 6.65. The molecule has 0 fully saturated rings. The van der Waals surface area contributed by atoms with E-state index in [0.29, 0.717) is 28.7 Å². The Morgan fingerprint density at radius 2 is 1.48 bits per heavy atom. The maximum Gasteiger partial charge on any atom is 0.165 e. The Morgan fingerprint density at radius 3 is 2.17 bits per heavy atom. The maximum atomic E-state index is 14.6. The van der Waals surface area contributed by atoms with Gasteiger partial charge in [0.15, 0.2) is 11.4 Å². The van der Waals surface area contributed by atoms with Gasteiger partial charge in [-0.1, -0.05) is 101 Å². The normalized spacial score (nSPS) is 13.0. The standard InChI is InChI=1S/C31H26FN2O.C15H16N.Ir/c1-18(2)20-10-7-11-21(19(3)4)28(20)34-27-17-6-5-16-26(27)33-31(34)24-14-8-12-22-23-13-9-15-25(32)30(23)35-29(22)24;1-11(2)14-9-15(16-10-12(14)3)13-7-5-4-6-8-13;/h5-13,15-19H,1-4H3;4-7,9-11H,1-3H3;/q2*-1;/i;3D3,11D;. The molecule has 0 aliphatic heterocycles. The number of hydrogen-bond donors (Lipinski definition) is 0. The number of fused-ring (bicyclic) bond motifs is 4. The van der Waals surface area contributed by atoms with Crippen LogP contribution in [0.5, 0.6) is 0 Å². The van der Waals surface area contributed by atoms with Crippen molar-refractivity contribution in [3.8, 4) is 28.3 Å². The number of aryl methyl sites for hydroxylation is 1. The number of hydrogen-bond acceptors (Lipinski definition) is 3. The summed E-state index contributed by atoms with van der Waals surface area (Å²) in [6.45, 7) is 9.96. The van der Waals surface area contributed by atoms with E-state index in [-0.39, 0.29) is 37.1 Å². The largest absolute Gasteiger partial charge is 0.497 e. The Kier molecular flexibility index (Phi) is 9.40. The van der Waals surface area contributed by atoms with Crippen molar-refractivity contribution in [2.45, 2.75) is 66.1 Å². The number of imidazole rings is 1. The van der Waals surface area contributed by atoms with Crippen molar-refractivity contribution in [1.82, 2.24) is 14.5 Å². The van der Waals surface area contributed by atoms with Crippen LogP contribution in [0.2, 0.25) is 0 Å². The minimum Gasteiger partial charge on any atom is -0.497 e. The molecule has 0 amide bonds. The summed E-state index contributed by atoms with van der Waals surface area (Å²) in [5.74, 6) is 0.00292. The number of benzene rings is 5. The second-order valence-corrected chi connectivity index (χ2v) is 13.6. The zero-order valence-corrected chi connectivity index (χ0v) is 32.4. The Labute approximate surface area is 324 Å². The monoisotopic (exact) mass is 868 g/mol. The first-order valence-corrected chi connectivity index (χ1v) is 17.3. The van der Waals surface area contributed by atoms with Crippen LogP contribution >= 0.6 is 0 Å². The zero-order valence-electron chi connectivity index (χ0n) is 34.0. The number of para-hydroxylation sites is 4. The molecule has 3 heterocycles. The molecule has 3 aromatic heterocycles. The molecule has 0 unspecified atom stereocenters. The molecule has 0 aliphatic carbocycles. The molecule has 0 bridgehead atoms. The van der Waals surface area contributed by atoms with Gasteiger partial charge in [-0.05, 0) is 70.7 Å². The van der Waals surface area contributed by atoms with E-state index in [9.17, 15) is 4.39 Å². The van der Waals surface area contributed by atoms with Crippen molar-refractivity contribution in [2.24, 2.45) is 0 Å². The van der Waals surface area contributed by atoms with Crippen LogP contribution in [-0.4, -0.2) is 14.5 Å². The number of nitrogens with zero attached hydrogens (tertiary/aromatic N) is 3. The van der Waals surface area contributed by atoms with E-state index in [0.717, 1.165) is 44.4 Å². The van der Waals surface area contributed by atoms with E-state index >= 15 is 0 Å². The first-order valence-electron chi connectivity index (χ1n) is 19.3. The van der Waals surface area contributed by atoms with Gasteiger partial charge in [-0.2, -0.15) is 0 Å². The fraction of sp³-hybridized carbons (Fsp3) is 0.217. The van der Waals surface area contributed by atoms with Crippen molar-refractivity contribution >= 4 is 33.0 Å². The topological polar surface area (TPSA) is 43.9 Å². The Hall–Kier alpha value is -4.90. The molecule has 265 valence electrons. The van der Waals surface area contributed by atoms with Crippen molar-refractivity contribution in [1.29, 1.82) is 0 Å². The van der Waals surface area contributed by atoms with E-state index in [1.165, 1.54) is 23.4 Å². The summed E-state index contributed by atoms with van der Waals surface area (Å²) in [7, 11) is 0. The predicted octanol–water partition coefficient (Wildman–Crippen LogP) is 12.8. The molecule has 8 rings (SSSR count). The molecule has 52 heavy (non-hydrogen) atoms. The Morgan fingerprint density at radius 1 is 0.769 bits per heavy atom. The average Bonchev–Trinajstić information content (AvgIpc) is 3.74. The molecule has 0 aliphatic rings. The smallest absolute Gasteiger partial charge is 0.165 e. The van der Waals surface area contributed by atoms with Crippen LogP contribution in [0.15, 0.2) is 114 Å². The first kappa shape index (κ1) is 31.8. The molecule has 8 aromatic rings. The molecule has 4 nitrogen and oxygen atoms in total. The van der Waals surface area contributed by atoms with Gasteiger partial charge < -0.3 is 14.0 Å². The molecule has 0 atom stereocenters. The number of rotatable bonds is 6. The molecule has 6 heteroatoms. The third-order valence-electron chi connectivity index (χ3n) is 9.19. The summed E-state index contributed by atoms with van der Waals surface area (Å²) in [5.41, 5.74) is 9.17. The van der Waals surface area contributed by atoms with Gasteiger partial charge in [-0.3, -0.25) is 4.98 Å². The Bertz CT molecular complexity index is 2630. The van der Waals surface area contributed by atoms with Crippen LogP contribution < -0.4 is 0 Å². The number of halogens is 1.